The van der Waals surface area contributed by atoms with Gasteiger partial charge >= 0.3 is 0 Å². The van der Waals surface area contributed by atoms with Crippen molar-refractivity contribution in [1.29, 1.82) is 0 Å². The summed E-state index contributed by atoms with van der Waals surface area (Å²) in [6.45, 7) is 1.98. The molecular weight excluding hydrogens is 280 g/mol. The van der Waals surface area contributed by atoms with Gasteiger partial charge in [-0.15, -0.1) is 11.3 Å². The van der Waals surface area contributed by atoms with Crippen LogP contribution in [0, 0.1) is 0 Å². The van der Waals surface area contributed by atoms with Gasteiger partial charge in [0.15, 0.2) is 5.13 Å². The fraction of sp³-hybridized carbons (Fsp3) is 0.286. The standard InChI is InChI=1S/C14H15ClN2OS/c1-2-4-13(18)17-14-16-9-12(19-14)8-10-5-3-6-11(15)7-10/h3,5-7,9H,2,4,8H2,1H3,(H,16,17,18). The zero-order valence-corrected chi connectivity index (χ0v) is 12.2. The number of thiazole rings is 1. The van der Waals surface area contributed by atoms with Crippen molar-refractivity contribution in [3.8, 4) is 0 Å². The Labute approximate surface area is 121 Å². The maximum absolute atomic E-state index is 11.5. The number of benzene rings is 1. The predicted octanol–water partition coefficient (Wildman–Crippen LogP) is 4.13. The van der Waals surface area contributed by atoms with Crippen LogP contribution in [0.25, 0.3) is 0 Å². The lowest BCUT2D eigenvalue weighted by Crippen LogP contribution is -2.09. The number of halogens is 1. The molecule has 5 heteroatoms. The highest BCUT2D eigenvalue weighted by Crippen LogP contribution is 2.22. The van der Waals surface area contributed by atoms with Crippen LogP contribution in [0.15, 0.2) is 30.5 Å². The van der Waals surface area contributed by atoms with Gasteiger partial charge in [0.2, 0.25) is 5.91 Å². The number of hydrogen-bond donors (Lipinski definition) is 1. The molecule has 0 spiro atoms. The largest absolute Gasteiger partial charge is 0.302 e. The molecule has 0 bridgehead atoms. The highest BCUT2D eigenvalue weighted by Gasteiger charge is 2.06. The van der Waals surface area contributed by atoms with Crippen LogP contribution < -0.4 is 5.32 Å². The van der Waals surface area contributed by atoms with Crippen molar-refractivity contribution in [2.24, 2.45) is 0 Å². The Balaban J connectivity index is 1.99. The van der Waals surface area contributed by atoms with Crippen LogP contribution >= 0.6 is 22.9 Å². The van der Waals surface area contributed by atoms with Gasteiger partial charge < -0.3 is 5.32 Å². The molecule has 3 nitrogen and oxygen atoms in total. The smallest absolute Gasteiger partial charge is 0.226 e. The normalized spacial score (nSPS) is 10.4. The van der Waals surface area contributed by atoms with Gasteiger partial charge in [-0.1, -0.05) is 30.7 Å². The SMILES string of the molecule is CCCC(=O)Nc1ncc(Cc2cccc(Cl)c2)s1. The topological polar surface area (TPSA) is 42.0 Å². The average Bonchev–Trinajstić information content (AvgIpc) is 2.76. The Hall–Kier alpha value is -1.39. The number of nitrogens with one attached hydrogen (secondary N) is 1. The minimum absolute atomic E-state index is 0.0196. The fourth-order valence-corrected chi connectivity index (χ4v) is 2.78. The van der Waals surface area contributed by atoms with E-state index in [9.17, 15) is 4.79 Å². The zero-order valence-electron chi connectivity index (χ0n) is 10.6. The summed E-state index contributed by atoms with van der Waals surface area (Å²) in [4.78, 5) is 16.8. The van der Waals surface area contributed by atoms with E-state index < -0.39 is 0 Å². The van der Waals surface area contributed by atoms with Crippen molar-refractivity contribution in [3.05, 3.63) is 45.9 Å². The summed E-state index contributed by atoms with van der Waals surface area (Å²) in [6, 6.07) is 7.76. The molecule has 19 heavy (non-hydrogen) atoms. The summed E-state index contributed by atoms with van der Waals surface area (Å²) in [7, 11) is 0. The average molecular weight is 295 g/mol. The third-order valence-electron chi connectivity index (χ3n) is 2.54. The summed E-state index contributed by atoms with van der Waals surface area (Å²) >= 11 is 7.45. The molecule has 1 amide bonds. The van der Waals surface area contributed by atoms with Crippen molar-refractivity contribution >= 4 is 34.0 Å². The minimum atomic E-state index is 0.0196. The lowest BCUT2D eigenvalue weighted by molar-refractivity contribution is -0.116. The molecule has 0 saturated carbocycles. The van der Waals surface area contributed by atoms with Gasteiger partial charge in [-0.2, -0.15) is 0 Å². The summed E-state index contributed by atoms with van der Waals surface area (Å²) in [5.41, 5.74) is 1.14. The van der Waals surface area contributed by atoms with Crippen molar-refractivity contribution in [2.75, 3.05) is 5.32 Å². The van der Waals surface area contributed by atoms with E-state index >= 15 is 0 Å². The van der Waals surface area contributed by atoms with E-state index in [2.05, 4.69) is 10.3 Å². The number of carbonyl (C=O) groups is 1. The number of carbonyl (C=O) groups excluding carboxylic acids is 1. The van der Waals surface area contributed by atoms with Gasteiger partial charge in [-0.05, 0) is 24.1 Å². The van der Waals surface area contributed by atoms with Gasteiger partial charge in [0.25, 0.3) is 0 Å². The second kappa shape index (κ2) is 6.68. The molecular formula is C14H15ClN2OS. The Bertz CT molecular complexity index is 568. The third-order valence-corrected chi connectivity index (χ3v) is 3.69. The van der Waals surface area contributed by atoms with Gasteiger partial charge in [0, 0.05) is 28.9 Å². The van der Waals surface area contributed by atoms with Gasteiger partial charge in [0.05, 0.1) is 0 Å². The third kappa shape index (κ3) is 4.33. The van der Waals surface area contributed by atoms with E-state index in [1.165, 1.54) is 11.3 Å². The molecule has 0 unspecified atom stereocenters. The molecule has 0 aliphatic rings. The lowest BCUT2D eigenvalue weighted by atomic mass is 10.1. The number of hydrogen-bond acceptors (Lipinski definition) is 3. The first-order valence-electron chi connectivity index (χ1n) is 6.16. The maximum Gasteiger partial charge on any atom is 0.226 e. The van der Waals surface area contributed by atoms with E-state index in [1.807, 2.05) is 31.2 Å². The van der Waals surface area contributed by atoms with Crippen LogP contribution in [0.4, 0.5) is 5.13 Å². The highest BCUT2D eigenvalue weighted by molar-refractivity contribution is 7.15. The second-order valence-corrected chi connectivity index (χ2v) is 5.79. The molecule has 1 aromatic heterocycles. The number of nitrogens with zero attached hydrogens (tertiary/aromatic N) is 1. The van der Waals surface area contributed by atoms with Crippen LogP contribution in [0.1, 0.15) is 30.2 Å². The van der Waals surface area contributed by atoms with Crippen LogP contribution in [0.3, 0.4) is 0 Å². The van der Waals surface area contributed by atoms with E-state index in [0.29, 0.717) is 11.6 Å². The van der Waals surface area contributed by atoms with E-state index in [0.717, 1.165) is 28.3 Å². The summed E-state index contributed by atoms with van der Waals surface area (Å²) in [5, 5.41) is 4.20. The molecule has 0 aliphatic carbocycles. The molecule has 100 valence electrons. The first-order valence-corrected chi connectivity index (χ1v) is 7.36. The fourth-order valence-electron chi connectivity index (χ4n) is 1.70. The number of aromatic nitrogens is 1. The maximum atomic E-state index is 11.5. The quantitative estimate of drug-likeness (QED) is 0.901. The van der Waals surface area contributed by atoms with Crippen molar-refractivity contribution in [2.45, 2.75) is 26.2 Å². The number of anilines is 1. The molecule has 2 aromatic rings. The molecule has 0 radical (unpaired) electrons. The molecule has 1 heterocycles. The van der Waals surface area contributed by atoms with Crippen LogP contribution in [0.2, 0.25) is 5.02 Å². The van der Waals surface area contributed by atoms with Crippen LogP contribution in [-0.2, 0) is 11.2 Å². The van der Waals surface area contributed by atoms with Gasteiger partial charge in [0.1, 0.15) is 0 Å². The highest BCUT2D eigenvalue weighted by atomic mass is 35.5. The van der Waals surface area contributed by atoms with Crippen molar-refractivity contribution in [3.63, 3.8) is 0 Å². The molecule has 0 saturated heterocycles. The van der Waals surface area contributed by atoms with Gasteiger partial charge in [-0.25, -0.2) is 4.98 Å². The Kier molecular flexibility index (Phi) is 4.93. The van der Waals surface area contributed by atoms with Crippen molar-refractivity contribution < 1.29 is 4.79 Å². The first kappa shape index (κ1) is 14.0. The summed E-state index contributed by atoms with van der Waals surface area (Å²) < 4.78 is 0. The molecule has 0 fully saturated rings. The summed E-state index contributed by atoms with van der Waals surface area (Å²) in [5.74, 6) is 0.0196. The van der Waals surface area contributed by atoms with E-state index in [1.54, 1.807) is 6.20 Å². The predicted molar refractivity (Wildman–Crippen MR) is 79.9 cm³/mol. The first-order chi connectivity index (χ1) is 9.17. The number of amides is 1. The molecule has 1 aromatic carbocycles. The Morgan fingerprint density at radius 3 is 3.05 bits per heavy atom. The molecule has 1 N–H and O–H groups in total. The van der Waals surface area contributed by atoms with E-state index in [-0.39, 0.29) is 5.91 Å². The van der Waals surface area contributed by atoms with Crippen LogP contribution in [0.5, 0.6) is 0 Å². The van der Waals surface area contributed by atoms with E-state index in [4.69, 9.17) is 11.6 Å². The second-order valence-electron chi connectivity index (χ2n) is 4.24. The number of rotatable bonds is 5. The molecule has 0 atom stereocenters. The minimum Gasteiger partial charge on any atom is -0.302 e. The van der Waals surface area contributed by atoms with Crippen LogP contribution in [-0.4, -0.2) is 10.9 Å². The zero-order chi connectivity index (χ0) is 13.7. The Morgan fingerprint density at radius 1 is 1.47 bits per heavy atom. The van der Waals surface area contributed by atoms with Gasteiger partial charge in [-0.3, -0.25) is 4.79 Å². The lowest BCUT2D eigenvalue weighted by Gasteiger charge is -1.99. The van der Waals surface area contributed by atoms with Crippen molar-refractivity contribution in [1.82, 2.24) is 4.98 Å². The Morgan fingerprint density at radius 2 is 2.32 bits per heavy atom. The molecule has 0 aliphatic heterocycles. The monoisotopic (exact) mass is 294 g/mol. The molecule has 2 rings (SSSR count). The summed E-state index contributed by atoms with van der Waals surface area (Å²) in [6.07, 6.45) is 3.95.